The Morgan fingerprint density at radius 1 is 0.308 bits per heavy atom. The third-order valence-corrected chi connectivity index (χ3v) is 10.1. The van der Waals surface area contributed by atoms with Gasteiger partial charge in [0.1, 0.15) is 0 Å². The maximum atomic E-state index is 11.0. The molecule has 0 spiro atoms. The summed E-state index contributed by atoms with van der Waals surface area (Å²) in [7, 11) is 6.89. The smallest absolute Gasteiger partial charge is 0.333 e. The molecule has 0 aliphatic carbocycles. The maximum Gasteiger partial charge on any atom is 0.333 e. The van der Waals surface area contributed by atoms with E-state index in [1.807, 2.05) is 13.8 Å². The lowest BCUT2D eigenvalue weighted by atomic mass is 10.1. The van der Waals surface area contributed by atoms with Gasteiger partial charge in [0.15, 0.2) is 0 Å². The first-order valence-corrected chi connectivity index (χ1v) is 28.6. The molecule has 0 rings (SSSR count). The molecule has 0 radical (unpaired) electrons. The van der Waals surface area contributed by atoms with Gasteiger partial charge in [-0.25, -0.2) is 24.0 Å². The van der Waals surface area contributed by atoms with Crippen molar-refractivity contribution in [2.45, 2.75) is 209 Å². The molecule has 458 valence electrons. The van der Waals surface area contributed by atoms with Gasteiger partial charge in [-0.1, -0.05) is 148 Å². The summed E-state index contributed by atoms with van der Waals surface area (Å²) in [6, 6.07) is 0. The van der Waals surface area contributed by atoms with Gasteiger partial charge in [-0.05, 0) is 105 Å². The van der Waals surface area contributed by atoms with Crippen LogP contribution in [0.25, 0.3) is 0 Å². The van der Waals surface area contributed by atoms with Crippen molar-refractivity contribution in [3.8, 4) is 0 Å². The predicted molar refractivity (Wildman–Crippen MR) is 325 cm³/mol. The van der Waals surface area contributed by atoms with Gasteiger partial charge >= 0.3 is 29.8 Å². The number of hydrogen-bond donors (Lipinski definition) is 0. The number of carbonyl (C=O) groups excluding carboxylic acids is 5. The topological polar surface area (TPSA) is 168 Å². The minimum atomic E-state index is -0.330. The second kappa shape index (κ2) is 78.9. The number of unbranched alkanes of at least 4 members (excludes halogenated alkanes) is 17. The van der Waals surface area contributed by atoms with Crippen molar-refractivity contribution in [3.63, 3.8) is 0 Å². The Bertz CT molecular complexity index is 1440. The summed E-state index contributed by atoms with van der Waals surface area (Å²) < 4.78 is 43.8. The van der Waals surface area contributed by atoms with Gasteiger partial charge in [0, 0.05) is 84.2 Å². The standard InChI is InChI=1S/C13H24O3.C11H20O3.C10H20O.C9H16O2.C8H14O2.C7H12O2.C6H12O/c1-12(2)13(14)16-11-9-7-5-4-6-8-10-15-3;1-10(2)11(12)14-9-7-5-4-6-8-13-3;1-10(2)8-6-4-5-7-9-11-3;1-3-5-6-7-8-11-9(10)4-2;1-3-5-6-7-10-8(9)4-2;1-3-5-6-9-7(8)4-2;1-6(2)4-5-7-3/h1,4-11H2,2-3H3;1,4-9H2,2-3H3;1,4-9H2,2-3H3;4H,2-3,5-8H2,1H3;4H,2-3,5-7H2,1H3;4H,2-3,5-6H2,1H3;1,4-5H2,2-3H3. The van der Waals surface area contributed by atoms with E-state index in [0.717, 1.165) is 123 Å². The van der Waals surface area contributed by atoms with Crippen molar-refractivity contribution in [2.75, 3.05) is 87.9 Å². The fourth-order valence-electron chi connectivity index (χ4n) is 5.36. The molecule has 0 heterocycles. The SMILES string of the molecule is C=C(C)C(=O)OCCCCCCCCOC.C=C(C)C(=O)OCCCCCCOC.C=C(C)CCCCCCOC.C=C(C)CCOC.C=CC(=O)OCCCC.C=CC(=O)OCCCCC.C=CC(=O)OCCCCCC. The average molecular weight is 1110 g/mol. The van der Waals surface area contributed by atoms with Crippen LogP contribution in [0.2, 0.25) is 0 Å². The monoisotopic (exact) mass is 1110 g/mol. The van der Waals surface area contributed by atoms with E-state index >= 15 is 0 Å². The van der Waals surface area contributed by atoms with Gasteiger partial charge in [0.2, 0.25) is 0 Å². The summed E-state index contributed by atoms with van der Waals surface area (Å²) in [6.07, 6.45) is 31.6. The van der Waals surface area contributed by atoms with Crippen LogP contribution >= 0.6 is 0 Å². The van der Waals surface area contributed by atoms with Crippen molar-refractivity contribution in [2.24, 2.45) is 0 Å². The minimum absolute atomic E-state index is 0.278. The van der Waals surface area contributed by atoms with Gasteiger partial charge in [-0.2, -0.15) is 0 Å². The molecule has 0 bridgehead atoms. The van der Waals surface area contributed by atoms with E-state index in [1.54, 1.807) is 42.3 Å². The number of methoxy groups -OCH3 is 4. The Kier molecular flexibility index (Phi) is 88.2. The summed E-state index contributed by atoms with van der Waals surface area (Å²) in [5, 5.41) is 0. The quantitative estimate of drug-likeness (QED) is 0.0186. The molecule has 0 saturated carbocycles. The number of rotatable bonds is 43. The Hall–Kier alpha value is -4.63. The van der Waals surface area contributed by atoms with Crippen LogP contribution in [0.1, 0.15) is 209 Å². The minimum Gasteiger partial charge on any atom is -0.463 e. The van der Waals surface area contributed by atoms with Crippen LogP contribution in [0, 0.1) is 0 Å². The van der Waals surface area contributed by atoms with E-state index in [0.29, 0.717) is 44.2 Å². The molecule has 0 unspecified atom stereocenters. The number of hydrogen-bond acceptors (Lipinski definition) is 14. The molecule has 0 atom stereocenters. The zero-order chi connectivity index (χ0) is 60.7. The fraction of sp³-hybridized carbons (Fsp3) is 0.703. The van der Waals surface area contributed by atoms with Gasteiger partial charge in [-0.15, -0.1) is 13.2 Å². The lowest BCUT2D eigenvalue weighted by Crippen LogP contribution is -2.06. The van der Waals surface area contributed by atoms with E-state index in [9.17, 15) is 24.0 Å². The van der Waals surface area contributed by atoms with Crippen LogP contribution < -0.4 is 0 Å². The molecule has 0 aliphatic heterocycles. The van der Waals surface area contributed by atoms with Gasteiger partial charge in [-0.3, -0.25) is 0 Å². The van der Waals surface area contributed by atoms with Gasteiger partial charge in [0.25, 0.3) is 0 Å². The van der Waals surface area contributed by atoms with Crippen molar-refractivity contribution < 1.29 is 66.6 Å². The summed E-state index contributed by atoms with van der Waals surface area (Å²) in [4.78, 5) is 53.2. The van der Waals surface area contributed by atoms with E-state index in [2.05, 4.69) is 71.6 Å². The molecule has 0 aromatic carbocycles. The first kappa shape index (κ1) is 87.2. The van der Waals surface area contributed by atoms with Crippen LogP contribution in [0.15, 0.2) is 86.6 Å². The Labute approximate surface area is 478 Å². The van der Waals surface area contributed by atoms with Crippen molar-refractivity contribution in [1.29, 1.82) is 0 Å². The summed E-state index contributed by atoms with van der Waals surface area (Å²) in [5.41, 5.74) is 3.42. The molecule has 0 aromatic heterocycles. The number of esters is 5. The third-order valence-electron chi connectivity index (χ3n) is 10.1. The van der Waals surface area contributed by atoms with Crippen LogP contribution in [0.3, 0.4) is 0 Å². The zero-order valence-corrected chi connectivity index (χ0v) is 51.9. The highest BCUT2D eigenvalue weighted by Gasteiger charge is 2.03. The normalized spacial score (nSPS) is 9.47. The summed E-state index contributed by atoms with van der Waals surface area (Å²) >= 11 is 0. The number of carbonyl (C=O) groups is 5. The van der Waals surface area contributed by atoms with Crippen LogP contribution in [0.5, 0.6) is 0 Å². The van der Waals surface area contributed by atoms with Crippen LogP contribution in [-0.2, 0) is 66.6 Å². The van der Waals surface area contributed by atoms with Crippen molar-refractivity contribution >= 4 is 29.8 Å². The maximum absolute atomic E-state index is 11.0. The third kappa shape index (κ3) is 100. The lowest BCUT2D eigenvalue weighted by Gasteiger charge is -2.04. The first-order valence-electron chi connectivity index (χ1n) is 28.6. The lowest BCUT2D eigenvalue weighted by molar-refractivity contribution is -0.139. The highest BCUT2D eigenvalue weighted by molar-refractivity contribution is 5.87. The highest BCUT2D eigenvalue weighted by Crippen LogP contribution is 2.08. The molecule has 0 N–H and O–H groups in total. The van der Waals surface area contributed by atoms with Crippen LogP contribution in [-0.4, -0.2) is 118 Å². The molecule has 0 fully saturated rings. The Morgan fingerprint density at radius 2 is 0.551 bits per heavy atom. The molecule has 14 nitrogen and oxygen atoms in total. The largest absolute Gasteiger partial charge is 0.463 e. The van der Waals surface area contributed by atoms with E-state index in [1.165, 1.54) is 93.6 Å². The van der Waals surface area contributed by atoms with Crippen molar-refractivity contribution in [1.82, 2.24) is 0 Å². The Balaban J connectivity index is -0.000000153. The molecule has 0 aromatic rings. The number of ether oxygens (including phenoxy) is 9. The molecular weight excluding hydrogens is 993 g/mol. The highest BCUT2D eigenvalue weighted by atomic mass is 16.5. The molecule has 0 saturated heterocycles. The second-order valence-corrected chi connectivity index (χ2v) is 18.4. The molecule has 14 heteroatoms. The van der Waals surface area contributed by atoms with Crippen molar-refractivity contribution in [3.05, 3.63) is 86.6 Å². The predicted octanol–water partition coefficient (Wildman–Crippen LogP) is 15.9. The van der Waals surface area contributed by atoms with Gasteiger partial charge < -0.3 is 42.6 Å². The second-order valence-electron chi connectivity index (χ2n) is 18.4. The number of allylic oxidation sites excluding steroid dienone is 1. The molecule has 0 aliphatic rings. The van der Waals surface area contributed by atoms with E-state index in [-0.39, 0.29) is 29.8 Å². The summed E-state index contributed by atoms with van der Waals surface area (Å²) in [5.74, 6) is -1.54. The van der Waals surface area contributed by atoms with Gasteiger partial charge in [0.05, 0.1) is 33.0 Å². The average Bonchev–Trinajstić information content (AvgIpc) is 3.42. The van der Waals surface area contributed by atoms with E-state index in [4.69, 9.17) is 37.9 Å². The zero-order valence-electron chi connectivity index (χ0n) is 51.9. The molecular formula is C64H118O14. The fourth-order valence-corrected chi connectivity index (χ4v) is 5.36. The van der Waals surface area contributed by atoms with Crippen LogP contribution in [0.4, 0.5) is 0 Å². The summed E-state index contributed by atoms with van der Waals surface area (Å²) in [6.45, 7) is 44.1. The first-order chi connectivity index (χ1) is 37.3. The molecule has 78 heavy (non-hydrogen) atoms. The Morgan fingerprint density at radius 3 is 0.821 bits per heavy atom. The van der Waals surface area contributed by atoms with E-state index < -0.39 is 0 Å². The molecule has 0 amide bonds.